The standard InChI is InChI=1S/C25H25Cl3N4O2/c26-16-6-9-19(10-7-16)34-25-20(15-29-18-4-1-2-5-18)23(24(33)31-12-3-13-31)30-32(25)22-11-8-17(27)14-21(22)28/h6-11,14,18,29H,1-5,12-13,15H2. The van der Waals surface area contributed by atoms with Crippen molar-refractivity contribution in [1.29, 1.82) is 0 Å². The molecule has 1 N–H and O–H groups in total. The summed E-state index contributed by atoms with van der Waals surface area (Å²) in [7, 11) is 0. The molecular formula is C25H25Cl3N4O2. The van der Waals surface area contributed by atoms with Gasteiger partial charge in [-0.05, 0) is 61.7 Å². The minimum Gasteiger partial charge on any atom is -0.439 e. The number of nitrogens with one attached hydrogen (secondary N) is 1. The van der Waals surface area contributed by atoms with Gasteiger partial charge in [-0.15, -0.1) is 0 Å². The Labute approximate surface area is 213 Å². The summed E-state index contributed by atoms with van der Waals surface area (Å²) in [6, 6.07) is 12.7. The Bertz CT molecular complexity index is 1190. The van der Waals surface area contributed by atoms with Crippen LogP contribution in [0.1, 0.15) is 48.2 Å². The molecule has 1 aromatic heterocycles. The zero-order valence-electron chi connectivity index (χ0n) is 18.6. The number of hydrogen-bond acceptors (Lipinski definition) is 4. The molecule has 1 aliphatic heterocycles. The summed E-state index contributed by atoms with van der Waals surface area (Å²) in [5, 5.41) is 9.89. The summed E-state index contributed by atoms with van der Waals surface area (Å²) < 4.78 is 7.96. The van der Waals surface area contributed by atoms with E-state index < -0.39 is 0 Å². The lowest BCUT2D eigenvalue weighted by molar-refractivity contribution is 0.0643. The maximum absolute atomic E-state index is 13.4. The first-order valence-corrected chi connectivity index (χ1v) is 12.7. The molecule has 2 aliphatic rings. The molecule has 0 atom stereocenters. The predicted octanol–water partition coefficient (Wildman–Crippen LogP) is 6.50. The van der Waals surface area contributed by atoms with Crippen LogP contribution in [0.15, 0.2) is 42.5 Å². The van der Waals surface area contributed by atoms with Gasteiger partial charge in [-0.1, -0.05) is 47.6 Å². The highest BCUT2D eigenvalue weighted by molar-refractivity contribution is 6.35. The predicted molar refractivity (Wildman–Crippen MR) is 135 cm³/mol. The Balaban J connectivity index is 1.61. The lowest BCUT2D eigenvalue weighted by Gasteiger charge is -2.30. The van der Waals surface area contributed by atoms with Gasteiger partial charge in [0, 0.05) is 35.7 Å². The number of aromatic nitrogens is 2. The van der Waals surface area contributed by atoms with Gasteiger partial charge in [0.25, 0.3) is 5.91 Å². The first-order valence-electron chi connectivity index (χ1n) is 11.5. The van der Waals surface area contributed by atoms with Gasteiger partial charge < -0.3 is 15.0 Å². The van der Waals surface area contributed by atoms with Gasteiger partial charge in [0.05, 0.1) is 16.3 Å². The quantitative estimate of drug-likeness (QED) is 0.387. The number of benzene rings is 2. The second-order valence-corrected chi connectivity index (χ2v) is 9.98. The SMILES string of the molecule is O=C(c1nn(-c2ccc(Cl)cc2Cl)c(Oc2ccc(Cl)cc2)c1CNC1CCCC1)N1CCC1. The molecule has 2 aromatic carbocycles. The van der Waals surface area contributed by atoms with Gasteiger partial charge in [-0.25, -0.2) is 0 Å². The second kappa shape index (κ2) is 10.2. The molecule has 2 heterocycles. The van der Waals surface area contributed by atoms with Crippen LogP contribution < -0.4 is 10.1 Å². The molecule has 1 amide bonds. The van der Waals surface area contributed by atoms with Crippen LogP contribution in [0.3, 0.4) is 0 Å². The van der Waals surface area contributed by atoms with Crippen molar-refractivity contribution in [2.45, 2.75) is 44.7 Å². The Morgan fingerprint density at radius 3 is 2.35 bits per heavy atom. The van der Waals surface area contributed by atoms with Gasteiger partial charge in [-0.2, -0.15) is 9.78 Å². The van der Waals surface area contributed by atoms with Crippen LogP contribution in [0.4, 0.5) is 0 Å². The Morgan fingerprint density at radius 1 is 1.00 bits per heavy atom. The second-order valence-electron chi connectivity index (χ2n) is 8.70. The smallest absolute Gasteiger partial charge is 0.274 e. The molecule has 1 saturated carbocycles. The number of ether oxygens (including phenoxy) is 1. The normalized spacial score (nSPS) is 16.0. The minimum absolute atomic E-state index is 0.0979. The van der Waals surface area contributed by atoms with Gasteiger partial charge in [-0.3, -0.25) is 4.79 Å². The molecule has 2 fully saturated rings. The average molecular weight is 520 g/mol. The number of carbonyl (C=O) groups excluding carboxylic acids is 1. The van der Waals surface area contributed by atoms with Crippen LogP contribution >= 0.6 is 34.8 Å². The third kappa shape index (κ3) is 4.91. The maximum Gasteiger partial charge on any atom is 0.274 e. The molecule has 1 saturated heterocycles. The van der Waals surface area contributed by atoms with Gasteiger partial charge in [0.15, 0.2) is 5.69 Å². The highest BCUT2D eigenvalue weighted by Crippen LogP contribution is 2.35. The molecule has 0 unspecified atom stereocenters. The molecule has 1 aliphatic carbocycles. The summed E-state index contributed by atoms with van der Waals surface area (Å²) in [5.74, 6) is 0.931. The third-order valence-corrected chi connectivity index (χ3v) is 7.16. The molecule has 6 nitrogen and oxygen atoms in total. The van der Waals surface area contributed by atoms with E-state index >= 15 is 0 Å². The highest BCUT2D eigenvalue weighted by Gasteiger charge is 2.32. The van der Waals surface area contributed by atoms with E-state index in [1.54, 1.807) is 52.0 Å². The van der Waals surface area contributed by atoms with E-state index in [1.165, 1.54) is 12.8 Å². The molecule has 5 rings (SSSR count). The van der Waals surface area contributed by atoms with Crippen molar-refractivity contribution in [3.05, 3.63) is 68.8 Å². The maximum atomic E-state index is 13.4. The van der Waals surface area contributed by atoms with Gasteiger partial charge in [0.2, 0.25) is 5.88 Å². The number of halogens is 3. The van der Waals surface area contributed by atoms with Crippen LogP contribution in [-0.2, 0) is 6.54 Å². The number of hydrogen-bond donors (Lipinski definition) is 1. The highest BCUT2D eigenvalue weighted by atomic mass is 35.5. The number of likely N-dealkylation sites (tertiary alicyclic amines) is 1. The molecule has 0 bridgehead atoms. The Hall–Kier alpha value is -2.25. The molecule has 178 valence electrons. The zero-order chi connectivity index (χ0) is 23.7. The van der Waals surface area contributed by atoms with E-state index in [0.717, 1.165) is 32.4 Å². The lowest BCUT2D eigenvalue weighted by Crippen LogP contribution is -2.42. The van der Waals surface area contributed by atoms with E-state index in [1.807, 2.05) is 0 Å². The number of nitrogens with zero attached hydrogens (tertiary/aromatic N) is 3. The van der Waals surface area contributed by atoms with Crippen molar-refractivity contribution in [2.24, 2.45) is 0 Å². The van der Waals surface area contributed by atoms with Crippen molar-refractivity contribution in [3.63, 3.8) is 0 Å². The molecule has 3 aromatic rings. The summed E-state index contributed by atoms with van der Waals surface area (Å²) in [6.07, 6.45) is 5.68. The van der Waals surface area contributed by atoms with Crippen molar-refractivity contribution < 1.29 is 9.53 Å². The van der Waals surface area contributed by atoms with Crippen molar-refractivity contribution in [2.75, 3.05) is 13.1 Å². The van der Waals surface area contributed by atoms with Crippen molar-refractivity contribution in [1.82, 2.24) is 20.0 Å². The van der Waals surface area contributed by atoms with Gasteiger partial charge in [0.1, 0.15) is 5.75 Å². The first-order chi connectivity index (χ1) is 16.5. The molecule has 0 spiro atoms. The molecule has 34 heavy (non-hydrogen) atoms. The lowest BCUT2D eigenvalue weighted by atomic mass is 10.1. The fourth-order valence-electron chi connectivity index (χ4n) is 4.35. The summed E-state index contributed by atoms with van der Waals surface area (Å²) in [6.45, 7) is 1.93. The van der Waals surface area contributed by atoms with Crippen LogP contribution in [0, 0.1) is 0 Å². The molecule has 9 heteroatoms. The van der Waals surface area contributed by atoms with E-state index in [4.69, 9.17) is 44.6 Å². The van der Waals surface area contributed by atoms with Crippen LogP contribution in [0.2, 0.25) is 15.1 Å². The van der Waals surface area contributed by atoms with Crippen LogP contribution in [0.25, 0.3) is 5.69 Å². The van der Waals surface area contributed by atoms with E-state index in [0.29, 0.717) is 56.2 Å². The number of carbonyl (C=O) groups is 1. The van der Waals surface area contributed by atoms with E-state index in [-0.39, 0.29) is 5.91 Å². The van der Waals surface area contributed by atoms with E-state index in [9.17, 15) is 4.79 Å². The van der Waals surface area contributed by atoms with Crippen LogP contribution in [-0.4, -0.2) is 39.7 Å². The minimum atomic E-state index is -0.0979. The first kappa shape index (κ1) is 23.5. The summed E-state index contributed by atoms with van der Waals surface area (Å²) >= 11 is 18.8. The topological polar surface area (TPSA) is 59.4 Å². The van der Waals surface area contributed by atoms with Crippen molar-refractivity contribution in [3.8, 4) is 17.3 Å². The fraction of sp³-hybridized carbons (Fsp3) is 0.360. The summed E-state index contributed by atoms with van der Waals surface area (Å²) in [5.41, 5.74) is 1.67. The van der Waals surface area contributed by atoms with Gasteiger partial charge >= 0.3 is 0 Å². The monoisotopic (exact) mass is 518 g/mol. The largest absolute Gasteiger partial charge is 0.439 e. The molecule has 0 radical (unpaired) electrons. The number of amides is 1. The Morgan fingerprint density at radius 2 is 1.71 bits per heavy atom. The third-order valence-electron chi connectivity index (χ3n) is 6.37. The van der Waals surface area contributed by atoms with E-state index in [2.05, 4.69) is 5.32 Å². The summed E-state index contributed by atoms with van der Waals surface area (Å²) in [4.78, 5) is 15.2. The Kier molecular flexibility index (Phi) is 7.02. The average Bonchev–Trinajstić information content (AvgIpc) is 3.41. The zero-order valence-corrected chi connectivity index (χ0v) is 20.8. The fourth-order valence-corrected chi connectivity index (χ4v) is 4.96. The molecular weight excluding hydrogens is 495 g/mol. The van der Waals surface area contributed by atoms with Crippen molar-refractivity contribution >= 4 is 40.7 Å². The van der Waals surface area contributed by atoms with Crippen LogP contribution in [0.5, 0.6) is 11.6 Å². The number of rotatable bonds is 7.